The molecule has 1 heterocycles. The maximum atomic E-state index is 12.8. The first-order valence-electron chi connectivity index (χ1n) is 5.54. The van der Waals surface area contributed by atoms with Crippen molar-refractivity contribution in [3.63, 3.8) is 0 Å². The van der Waals surface area contributed by atoms with Crippen molar-refractivity contribution in [2.45, 2.75) is 12.5 Å². The molecule has 2 N–H and O–H groups in total. The van der Waals surface area contributed by atoms with Crippen molar-refractivity contribution in [2.24, 2.45) is 5.73 Å². The Bertz CT molecular complexity index is 494. The number of hydrogen-bond acceptors (Lipinski definition) is 5. The number of ether oxygens (including phenoxy) is 1. The van der Waals surface area contributed by atoms with Crippen molar-refractivity contribution >= 4 is 0 Å². The quantitative estimate of drug-likeness (QED) is 0.869. The lowest BCUT2D eigenvalue weighted by molar-refractivity contribution is 0.102. The van der Waals surface area contributed by atoms with Crippen LogP contribution >= 0.6 is 0 Å². The smallest absolute Gasteiger partial charge is 0.229 e. The normalized spacial score (nSPS) is 12.6. The summed E-state index contributed by atoms with van der Waals surface area (Å²) in [7, 11) is 1.58. The molecule has 1 atom stereocenters. The van der Waals surface area contributed by atoms with Crippen LogP contribution in [0.15, 0.2) is 28.8 Å². The highest BCUT2D eigenvalue weighted by Gasteiger charge is 2.13. The van der Waals surface area contributed by atoms with Crippen molar-refractivity contribution < 1.29 is 13.7 Å². The summed E-state index contributed by atoms with van der Waals surface area (Å²) >= 11 is 0. The number of halogens is 1. The van der Waals surface area contributed by atoms with Gasteiger partial charge in [0.15, 0.2) is 0 Å². The van der Waals surface area contributed by atoms with Crippen LogP contribution in [0.2, 0.25) is 0 Å². The zero-order chi connectivity index (χ0) is 13.0. The Balaban J connectivity index is 2.12. The van der Waals surface area contributed by atoms with E-state index >= 15 is 0 Å². The van der Waals surface area contributed by atoms with Gasteiger partial charge < -0.3 is 15.0 Å². The zero-order valence-corrected chi connectivity index (χ0v) is 9.97. The molecule has 0 spiro atoms. The molecule has 6 heteroatoms. The largest absolute Gasteiger partial charge is 0.380 e. The molecule has 0 fully saturated rings. The Morgan fingerprint density at radius 3 is 2.72 bits per heavy atom. The van der Waals surface area contributed by atoms with Gasteiger partial charge in [0.1, 0.15) is 5.82 Å². The zero-order valence-electron chi connectivity index (χ0n) is 9.97. The van der Waals surface area contributed by atoms with Gasteiger partial charge in [0.25, 0.3) is 0 Å². The van der Waals surface area contributed by atoms with E-state index in [9.17, 15) is 4.39 Å². The molecule has 5 nitrogen and oxygen atoms in total. The number of nitrogens with two attached hydrogens (primary N) is 1. The molecule has 2 aromatic rings. The first kappa shape index (κ1) is 12.7. The van der Waals surface area contributed by atoms with E-state index in [2.05, 4.69) is 10.1 Å². The lowest BCUT2D eigenvalue weighted by atomic mass is 10.2. The van der Waals surface area contributed by atoms with E-state index in [4.69, 9.17) is 15.0 Å². The predicted octanol–water partition coefficient (Wildman–Crippen LogP) is 1.39. The molecule has 2 rings (SSSR count). The van der Waals surface area contributed by atoms with Crippen LogP contribution < -0.4 is 5.73 Å². The van der Waals surface area contributed by atoms with Gasteiger partial charge >= 0.3 is 0 Å². The Labute approximate surface area is 104 Å². The minimum absolute atomic E-state index is 0.147. The number of rotatable bonds is 5. The molecule has 1 aromatic carbocycles. The van der Waals surface area contributed by atoms with Crippen LogP contribution in [-0.2, 0) is 11.2 Å². The summed E-state index contributed by atoms with van der Waals surface area (Å²) in [6.07, 6.45) is 0.313. The van der Waals surface area contributed by atoms with Crippen LogP contribution in [0, 0.1) is 5.82 Å². The van der Waals surface area contributed by atoms with Crippen molar-refractivity contribution in [2.75, 3.05) is 13.7 Å². The molecule has 18 heavy (non-hydrogen) atoms. The minimum atomic E-state index is -0.301. The average Bonchev–Trinajstić information content (AvgIpc) is 2.85. The summed E-state index contributed by atoms with van der Waals surface area (Å²) in [6.45, 7) is 0.380. The molecular weight excluding hydrogens is 237 g/mol. The van der Waals surface area contributed by atoms with E-state index in [1.807, 2.05) is 0 Å². The summed E-state index contributed by atoms with van der Waals surface area (Å²) < 4.78 is 23.0. The average molecular weight is 251 g/mol. The molecule has 0 saturated heterocycles. The van der Waals surface area contributed by atoms with Gasteiger partial charge in [-0.25, -0.2) is 4.39 Å². The third-order valence-corrected chi connectivity index (χ3v) is 2.57. The van der Waals surface area contributed by atoms with Gasteiger partial charge in [-0.3, -0.25) is 0 Å². The highest BCUT2D eigenvalue weighted by atomic mass is 19.1. The van der Waals surface area contributed by atoms with Gasteiger partial charge in [-0.05, 0) is 24.3 Å². The number of methoxy groups -OCH3 is 1. The molecule has 0 aliphatic carbocycles. The van der Waals surface area contributed by atoms with Crippen molar-refractivity contribution in [3.8, 4) is 11.4 Å². The summed E-state index contributed by atoms with van der Waals surface area (Å²) in [4.78, 5) is 4.21. The maximum absolute atomic E-state index is 12.8. The predicted molar refractivity (Wildman–Crippen MR) is 63.2 cm³/mol. The lowest BCUT2D eigenvalue weighted by Crippen LogP contribution is -2.24. The SMILES string of the molecule is COC(CN)Cc1nc(-c2ccc(F)cc2)no1. The molecule has 0 aliphatic heterocycles. The molecule has 96 valence electrons. The first-order chi connectivity index (χ1) is 8.72. The molecule has 0 bridgehead atoms. The third-order valence-electron chi connectivity index (χ3n) is 2.57. The van der Waals surface area contributed by atoms with Gasteiger partial charge in [0, 0.05) is 19.2 Å². The van der Waals surface area contributed by atoms with Crippen molar-refractivity contribution in [3.05, 3.63) is 36.0 Å². The fraction of sp³-hybridized carbons (Fsp3) is 0.333. The second-order valence-corrected chi connectivity index (χ2v) is 3.82. The standard InChI is InChI=1S/C12H14FN3O2/c1-17-10(7-14)6-11-15-12(16-18-11)8-2-4-9(13)5-3-8/h2-5,10H,6-7,14H2,1H3. The van der Waals surface area contributed by atoms with Gasteiger partial charge in [0.05, 0.1) is 12.5 Å². The van der Waals surface area contributed by atoms with Crippen LogP contribution in [0.3, 0.4) is 0 Å². The van der Waals surface area contributed by atoms with E-state index in [1.54, 1.807) is 19.2 Å². The fourth-order valence-corrected chi connectivity index (χ4v) is 1.51. The van der Waals surface area contributed by atoms with Crippen molar-refractivity contribution in [1.82, 2.24) is 10.1 Å². The number of hydrogen-bond donors (Lipinski definition) is 1. The molecular formula is C12H14FN3O2. The molecule has 0 amide bonds. The van der Waals surface area contributed by atoms with E-state index in [0.29, 0.717) is 30.2 Å². The monoisotopic (exact) mass is 251 g/mol. The second-order valence-electron chi connectivity index (χ2n) is 3.82. The maximum Gasteiger partial charge on any atom is 0.229 e. The first-order valence-corrected chi connectivity index (χ1v) is 5.54. The van der Waals surface area contributed by atoms with Gasteiger partial charge in [-0.2, -0.15) is 4.98 Å². The van der Waals surface area contributed by atoms with Gasteiger partial charge in [0.2, 0.25) is 11.7 Å². The molecule has 0 saturated carbocycles. The molecule has 1 unspecified atom stereocenters. The van der Waals surface area contributed by atoms with E-state index in [1.165, 1.54) is 12.1 Å². The van der Waals surface area contributed by atoms with E-state index in [0.717, 1.165) is 0 Å². The van der Waals surface area contributed by atoms with Crippen LogP contribution in [0.5, 0.6) is 0 Å². The highest BCUT2D eigenvalue weighted by Crippen LogP contribution is 2.16. The summed E-state index contributed by atoms with van der Waals surface area (Å²) in [5.41, 5.74) is 6.21. The van der Waals surface area contributed by atoms with Crippen LogP contribution in [-0.4, -0.2) is 29.9 Å². The third kappa shape index (κ3) is 2.91. The van der Waals surface area contributed by atoms with Crippen molar-refractivity contribution in [1.29, 1.82) is 0 Å². The molecule has 1 aromatic heterocycles. The number of aromatic nitrogens is 2. The minimum Gasteiger partial charge on any atom is -0.380 e. The summed E-state index contributed by atoms with van der Waals surface area (Å²) in [5.74, 6) is 0.577. The van der Waals surface area contributed by atoms with Crippen LogP contribution in [0.1, 0.15) is 5.89 Å². The Kier molecular flexibility index (Phi) is 4.01. The number of nitrogens with zero attached hydrogens (tertiary/aromatic N) is 2. The second kappa shape index (κ2) is 5.70. The highest BCUT2D eigenvalue weighted by molar-refractivity contribution is 5.53. The van der Waals surface area contributed by atoms with Crippen LogP contribution in [0.25, 0.3) is 11.4 Å². The van der Waals surface area contributed by atoms with Crippen LogP contribution in [0.4, 0.5) is 4.39 Å². The van der Waals surface area contributed by atoms with E-state index in [-0.39, 0.29) is 11.9 Å². The lowest BCUT2D eigenvalue weighted by Gasteiger charge is -2.08. The van der Waals surface area contributed by atoms with Gasteiger partial charge in [-0.1, -0.05) is 5.16 Å². The Morgan fingerprint density at radius 2 is 2.11 bits per heavy atom. The molecule has 0 aliphatic rings. The summed E-state index contributed by atoms with van der Waals surface area (Å²) in [5, 5.41) is 3.83. The van der Waals surface area contributed by atoms with E-state index < -0.39 is 0 Å². The van der Waals surface area contributed by atoms with Gasteiger partial charge in [-0.15, -0.1) is 0 Å². The Hall–Kier alpha value is -1.79. The molecule has 0 radical (unpaired) electrons. The Morgan fingerprint density at radius 1 is 1.39 bits per heavy atom. The number of benzene rings is 1. The topological polar surface area (TPSA) is 74.2 Å². The fourth-order valence-electron chi connectivity index (χ4n) is 1.51. The summed E-state index contributed by atoms with van der Waals surface area (Å²) in [6, 6.07) is 5.90.